The van der Waals surface area contributed by atoms with E-state index >= 15 is 0 Å². The molecule has 1 amide bonds. The highest BCUT2D eigenvalue weighted by Gasteiger charge is 2.30. The SMILES string of the molecule is COc1cc(Br)ccc1C(=O)N(C)C1CCCCC1Cl. The first-order chi connectivity index (χ1) is 9.54. The molecule has 0 N–H and O–H groups in total. The minimum atomic E-state index is -0.0353. The fraction of sp³-hybridized carbons (Fsp3) is 0.533. The van der Waals surface area contributed by atoms with Gasteiger partial charge in [0, 0.05) is 17.6 Å². The van der Waals surface area contributed by atoms with Gasteiger partial charge in [0.15, 0.2) is 0 Å². The molecular weight excluding hydrogens is 342 g/mol. The molecule has 2 atom stereocenters. The second-order valence-corrected chi connectivity index (χ2v) is 6.60. The Morgan fingerprint density at radius 2 is 2.10 bits per heavy atom. The van der Waals surface area contributed by atoms with Crippen molar-refractivity contribution in [1.29, 1.82) is 0 Å². The van der Waals surface area contributed by atoms with Crippen molar-refractivity contribution in [2.75, 3.05) is 14.2 Å². The molecule has 1 aromatic carbocycles. The molecule has 110 valence electrons. The molecule has 2 rings (SSSR count). The van der Waals surface area contributed by atoms with Crippen LogP contribution in [0.2, 0.25) is 0 Å². The van der Waals surface area contributed by atoms with E-state index in [1.807, 2.05) is 13.1 Å². The Morgan fingerprint density at radius 3 is 2.75 bits per heavy atom. The van der Waals surface area contributed by atoms with Crippen molar-refractivity contribution in [2.24, 2.45) is 0 Å². The van der Waals surface area contributed by atoms with E-state index in [1.54, 1.807) is 24.1 Å². The van der Waals surface area contributed by atoms with Gasteiger partial charge in [-0.2, -0.15) is 0 Å². The van der Waals surface area contributed by atoms with Crippen molar-refractivity contribution in [1.82, 2.24) is 4.90 Å². The fourth-order valence-corrected chi connectivity index (χ4v) is 3.47. The average Bonchev–Trinajstić information content (AvgIpc) is 2.46. The van der Waals surface area contributed by atoms with Crippen LogP contribution < -0.4 is 4.74 Å². The van der Waals surface area contributed by atoms with Crippen LogP contribution in [0, 0.1) is 0 Å². The molecule has 1 saturated carbocycles. The van der Waals surface area contributed by atoms with E-state index in [-0.39, 0.29) is 17.3 Å². The molecule has 0 spiro atoms. The van der Waals surface area contributed by atoms with Gasteiger partial charge in [-0.15, -0.1) is 11.6 Å². The predicted molar refractivity (Wildman–Crippen MR) is 84.7 cm³/mol. The standard InChI is InChI=1S/C15H19BrClNO2/c1-18(13-6-4-3-5-12(13)17)15(19)11-8-7-10(16)9-14(11)20-2/h7-9,12-13H,3-6H2,1-2H3. The van der Waals surface area contributed by atoms with Crippen LogP contribution in [0.1, 0.15) is 36.0 Å². The van der Waals surface area contributed by atoms with Crippen LogP contribution in [0.15, 0.2) is 22.7 Å². The van der Waals surface area contributed by atoms with E-state index in [0.29, 0.717) is 11.3 Å². The lowest BCUT2D eigenvalue weighted by Crippen LogP contribution is -2.44. The smallest absolute Gasteiger partial charge is 0.257 e. The first kappa shape index (κ1) is 15.6. The van der Waals surface area contributed by atoms with E-state index in [1.165, 1.54) is 0 Å². The monoisotopic (exact) mass is 359 g/mol. The van der Waals surface area contributed by atoms with E-state index in [0.717, 1.165) is 30.2 Å². The quantitative estimate of drug-likeness (QED) is 0.760. The Bertz CT molecular complexity index is 495. The third kappa shape index (κ3) is 3.29. The molecule has 2 unspecified atom stereocenters. The summed E-state index contributed by atoms with van der Waals surface area (Å²) >= 11 is 9.76. The maximum atomic E-state index is 12.7. The number of methoxy groups -OCH3 is 1. The Kier molecular flexibility index (Phi) is 5.33. The topological polar surface area (TPSA) is 29.5 Å². The molecular formula is C15H19BrClNO2. The molecule has 5 heteroatoms. The number of ether oxygens (including phenoxy) is 1. The van der Waals surface area contributed by atoms with E-state index in [4.69, 9.17) is 16.3 Å². The highest BCUT2D eigenvalue weighted by molar-refractivity contribution is 9.10. The number of alkyl halides is 1. The van der Waals surface area contributed by atoms with E-state index < -0.39 is 0 Å². The lowest BCUT2D eigenvalue weighted by molar-refractivity contribution is 0.0697. The van der Waals surface area contributed by atoms with Crippen molar-refractivity contribution < 1.29 is 9.53 Å². The molecule has 0 saturated heterocycles. The van der Waals surface area contributed by atoms with Crippen molar-refractivity contribution in [3.05, 3.63) is 28.2 Å². The van der Waals surface area contributed by atoms with E-state index in [9.17, 15) is 4.79 Å². The maximum absolute atomic E-state index is 12.7. The van der Waals surface area contributed by atoms with Crippen LogP contribution in [0.4, 0.5) is 0 Å². The number of carbonyl (C=O) groups excluding carboxylic acids is 1. The molecule has 0 aliphatic heterocycles. The zero-order valence-electron chi connectivity index (χ0n) is 11.7. The summed E-state index contributed by atoms with van der Waals surface area (Å²) in [7, 11) is 3.40. The zero-order chi connectivity index (χ0) is 14.7. The van der Waals surface area contributed by atoms with Crippen molar-refractivity contribution in [2.45, 2.75) is 37.1 Å². The summed E-state index contributed by atoms with van der Waals surface area (Å²) in [6, 6.07) is 5.54. The highest BCUT2D eigenvalue weighted by atomic mass is 79.9. The largest absolute Gasteiger partial charge is 0.496 e. The second-order valence-electron chi connectivity index (χ2n) is 5.13. The van der Waals surface area contributed by atoms with Gasteiger partial charge >= 0.3 is 0 Å². The molecule has 0 aromatic heterocycles. The number of hydrogen-bond donors (Lipinski definition) is 0. The van der Waals surface area contributed by atoms with Gasteiger partial charge in [-0.05, 0) is 31.0 Å². The number of nitrogens with zero attached hydrogens (tertiary/aromatic N) is 1. The molecule has 1 fully saturated rings. The minimum Gasteiger partial charge on any atom is -0.496 e. The van der Waals surface area contributed by atoms with Crippen LogP contribution in [-0.2, 0) is 0 Å². The molecule has 3 nitrogen and oxygen atoms in total. The van der Waals surface area contributed by atoms with Gasteiger partial charge in [0.2, 0.25) is 0 Å². The molecule has 20 heavy (non-hydrogen) atoms. The third-order valence-corrected chi connectivity index (χ3v) is 4.86. The minimum absolute atomic E-state index is 0.0353. The molecule has 1 aliphatic carbocycles. The normalized spacial score (nSPS) is 22.4. The molecule has 1 aliphatic rings. The number of rotatable bonds is 3. The van der Waals surface area contributed by atoms with Gasteiger partial charge in [-0.1, -0.05) is 28.8 Å². The number of amides is 1. The summed E-state index contributed by atoms with van der Waals surface area (Å²) < 4.78 is 6.19. The summed E-state index contributed by atoms with van der Waals surface area (Å²) in [4.78, 5) is 14.4. The van der Waals surface area contributed by atoms with Crippen LogP contribution in [0.3, 0.4) is 0 Å². The van der Waals surface area contributed by atoms with Gasteiger partial charge in [0.1, 0.15) is 5.75 Å². The molecule has 0 bridgehead atoms. The van der Waals surface area contributed by atoms with Gasteiger partial charge in [0.25, 0.3) is 5.91 Å². The third-order valence-electron chi connectivity index (χ3n) is 3.86. The second kappa shape index (κ2) is 6.81. The van der Waals surface area contributed by atoms with Gasteiger partial charge < -0.3 is 9.64 Å². The van der Waals surface area contributed by atoms with Crippen LogP contribution >= 0.6 is 27.5 Å². The maximum Gasteiger partial charge on any atom is 0.257 e. The van der Waals surface area contributed by atoms with Crippen LogP contribution in [-0.4, -0.2) is 36.4 Å². The lowest BCUT2D eigenvalue weighted by atomic mass is 9.93. The van der Waals surface area contributed by atoms with Crippen LogP contribution in [0.25, 0.3) is 0 Å². The number of halogens is 2. The summed E-state index contributed by atoms with van der Waals surface area (Å²) in [5.41, 5.74) is 0.577. The average molecular weight is 361 g/mol. The fourth-order valence-electron chi connectivity index (χ4n) is 2.68. The van der Waals surface area contributed by atoms with Crippen molar-refractivity contribution in [3.8, 4) is 5.75 Å². The Morgan fingerprint density at radius 1 is 1.40 bits per heavy atom. The van der Waals surface area contributed by atoms with Gasteiger partial charge in [0.05, 0.1) is 18.1 Å². The Labute approximate surface area is 133 Å². The van der Waals surface area contributed by atoms with E-state index in [2.05, 4.69) is 15.9 Å². The van der Waals surface area contributed by atoms with Crippen LogP contribution in [0.5, 0.6) is 5.75 Å². The number of hydrogen-bond acceptors (Lipinski definition) is 2. The number of benzene rings is 1. The molecule has 0 heterocycles. The summed E-state index contributed by atoms with van der Waals surface area (Å²) in [5, 5.41) is 0.0409. The lowest BCUT2D eigenvalue weighted by Gasteiger charge is -2.35. The predicted octanol–water partition coefficient (Wildman–Crippen LogP) is 4.08. The summed E-state index contributed by atoms with van der Waals surface area (Å²) in [6.45, 7) is 0. The molecule has 1 aromatic rings. The molecule has 0 radical (unpaired) electrons. The number of carbonyl (C=O) groups is 1. The van der Waals surface area contributed by atoms with Gasteiger partial charge in [-0.3, -0.25) is 4.79 Å². The van der Waals surface area contributed by atoms with Crippen molar-refractivity contribution in [3.63, 3.8) is 0 Å². The highest BCUT2D eigenvalue weighted by Crippen LogP contribution is 2.30. The Balaban J connectivity index is 2.22. The first-order valence-electron chi connectivity index (χ1n) is 6.79. The summed E-state index contributed by atoms with van der Waals surface area (Å²) in [6.07, 6.45) is 4.22. The Hall–Kier alpha value is -0.740. The zero-order valence-corrected chi connectivity index (χ0v) is 14.1. The van der Waals surface area contributed by atoms with Crippen molar-refractivity contribution >= 4 is 33.4 Å². The summed E-state index contributed by atoms with van der Waals surface area (Å²) in [5.74, 6) is 0.546. The van der Waals surface area contributed by atoms with Gasteiger partial charge in [-0.25, -0.2) is 0 Å². The first-order valence-corrected chi connectivity index (χ1v) is 8.02.